The summed E-state index contributed by atoms with van der Waals surface area (Å²) in [5.41, 5.74) is 6.12. The van der Waals surface area contributed by atoms with Gasteiger partial charge in [0.05, 0.1) is 6.33 Å². The smallest absolute Gasteiger partial charge is 0.246 e. The number of rotatable bonds is 6. The second-order valence-electron chi connectivity index (χ2n) is 7.46. The lowest BCUT2D eigenvalue weighted by Crippen LogP contribution is -2.54. The van der Waals surface area contributed by atoms with Crippen LogP contribution in [0.2, 0.25) is 0 Å². The lowest BCUT2D eigenvalue weighted by atomic mass is 9.96. The van der Waals surface area contributed by atoms with E-state index in [0.717, 1.165) is 0 Å². The van der Waals surface area contributed by atoms with Crippen LogP contribution < -0.4 is 11.1 Å². The molecule has 1 aliphatic heterocycles. The van der Waals surface area contributed by atoms with E-state index in [0.29, 0.717) is 31.5 Å². The zero-order chi connectivity index (χ0) is 19.6. The molecule has 2 aliphatic rings. The molecule has 0 unspecified atom stereocenters. The molecule has 3 amide bonds. The number of carbonyl (C=O) groups excluding carboxylic acids is 4. The number of aromatic nitrogens is 2. The summed E-state index contributed by atoms with van der Waals surface area (Å²) in [6, 6.07) is -1.49. The van der Waals surface area contributed by atoms with Gasteiger partial charge in [0.1, 0.15) is 17.9 Å². The fourth-order valence-electron chi connectivity index (χ4n) is 4.00. The second-order valence-corrected chi connectivity index (χ2v) is 7.46. The van der Waals surface area contributed by atoms with E-state index in [2.05, 4.69) is 15.3 Å². The number of nitrogens with two attached hydrogens (primary N) is 1. The first-order chi connectivity index (χ1) is 12.9. The summed E-state index contributed by atoms with van der Waals surface area (Å²) in [6.07, 6.45) is 5.11. The number of aromatic amines is 1. The van der Waals surface area contributed by atoms with Gasteiger partial charge in [-0.25, -0.2) is 4.98 Å². The van der Waals surface area contributed by atoms with Crippen LogP contribution in [-0.4, -0.2) is 62.5 Å². The van der Waals surface area contributed by atoms with Gasteiger partial charge in [0, 0.05) is 43.6 Å². The van der Waals surface area contributed by atoms with Gasteiger partial charge in [-0.3, -0.25) is 19.2 Å². The standard InChI is InChI=1S/C18H25N5O4.H2O/c1-10-5-12(24)7-13(10)17(26)22-14(6-11-8-20-9-21-11)18(27)23-4-2-3-15(23)16(19)25;/h8-10,13-15H,2-7H2,1H3,(H2,19,25)(H,20,21)(H,22,26);1H2/t10-,13+,14+,15+;/m1./s1. The third-order valence-electron chi connectivity index (χ3n) is 5.48. The van der Waals surface area contributed by atoms with Gasteiger partial charge in [0.15, 0.2) is 0 Å². The Labute approximate surface area is 162 Å². The number of nitrogens with one attached hydrogen (secondary N) is 2. The first-order valence-electron chi connectivity index (χ1n) is 9.26. The average Bonchev–Trinajstić information content (AvgIpc) is 3.34. The van der Waals surface area contributed by atoms with Crippen molar-refractivity contribution in [3.05, 3.63) is 18.2 Å². The van der Waals surface area contributed by atoms with E-state index in [-0.39, 0.29) is 41.8 Å². The Bertz CT molecular complexity index is 735. The summed E-state index contributed by atoms with van der Waals surface area (Å²) >= 11 is 0. The fourth-order valence-corrected chi connectivity index (χ4v) is 4.00. The van der Waals surface area contributed by atoms with Gasteiger partial charge in [-0.2, -0.15) is 0 Å². The molecule has 28 heavy (non-hydrogen) atoms. The number of imidazole rings is 1. The Morgan fingerprint density at radius 2 is 2.14 bits per heavy atom. The molecule has 10 heteroatoms. The van der Waals surface area contributed by atoms with Gasteiger partial charge in [-0.05, 0) is 18.8 Å². The summed E-state index contributed by atoms with van der Waals surface area (Å²) < 4.78 is 0. The van der Waals surface area contributed by atoms with Gasteiger partial charge in [-0.1, -0.05) is 6.92 Å². The van der Waals surface area contributed by atoms with Crippen LogP contribution in [0.15, 0.2) is 12.5 Å². The van der Waals surface area contributed by atoms with Crippen LogP contribution in [0, 0.1) is 11.8 Å². The van der Waals surface area contributed by atoms with Crippen molar-refractivity contribution in [1.29, 1.82) is 0 Å². The van der Waals surface area contributed by atoms with Crippen LogP contribution in [0.3, 0.4) is 0 Å². The minimum atomic E-state index is -0.846. The van der Waals surface area contributed by atoms with Crippen LogP contribution in [0.1, 0.15) is 38.3 Å². The minimum absolute atomic E-state index is 0. The quantitative estimate of drug-likeness (QED) is 0.545. The highest BCUT2D eigenvalue weighted by Gasteiger charge is 2.40. The Balaban J connectivity index is 0.00000280. The van der Waals surface area contributed by atoms with Crippen molar-refractivity contribution in [3.8, 4) is 0 Å². The second kappa shape index (κ2) is 8.96. The molecule has 2 fully saturated rings. The van der Waals surface area contributed by atoms with Crippen molar-refractivity contribution >= 4 is 23.5 Å². The van der Waals surface area contributed by atoms with E-state index in [9.17, 15) is 19.2 Å². The van der Waals surface area contributed by atoms with Gasteiger partial charge in [0.2, 0.25) is 17.7 Å². The van der Waals surface area contributed by atoms with Crippen molar-refractivity contribution in [1.82, 2.24) is 20.2 Å². The van der Waals surface area contributed by atoms with Crippen LogP contribution in [0.4, 0.5) is 0 Å². The van der Waals surface area contributed by atoms with Crippen LogP contribution >= 0.6 is 0 Å². The maximum atomic E-state index is 13.1. The summed E-state index contributed by atoms with van der Waals surface area (Å²) in [7, 11) is 0. The summed E-state index contributed by atoms with van der Waals surface area (Å²) in [5, 5.41) is 2.80. The lowest BCUT2D eigenvalue weighted by molar-refractivity contribution is -0.141. The highest BCUT2D eigenvalue weighted by atomic mass is 16.2. The first-order valence-corrected chi connectivity index (χ1v) is 9.26. The van der Waals surface area contributed by atoms with E-state index in [1.54, 1.807) is 6.20 Å². The lowest BCUT2D eigenvalue weighted by Gasteiger charge is -2.28. The molecule has 154 valence electrons. The first kappa shape index (κ1) is 21.5. The Morgan fingerprint density at radius 1 is 1.39 bits per heavy atom. The van der Waals surface area contributed by atoms with Crippen molar-refractivity contribution in [2.24, 2.45) is 17.6 Å². The summed E-state index contributed by atoms with van der Waals surface area (Å²) in [6.45, 7) is 2.30. The molecule has 3 rings (SSSR count). The molecule has 10 nitrogen and oxygen atoms in total. The molecule has 1 aromatic heterocycles. The number of carbonyl (C=O) groups is 4. The molecule has 4 atom stereocenters. The molecule has 2 heterocycles. The molecule has 0 spiro atoms. The molecule has 0 aromatic carbocycles. The zero-order valence-electron chi connectivity index (χ0n) is 15.8. The third-order valence-corrected chi connectivity index (χ3v) is 5.48. The number of nitrogens with zero attached hydrogens (tertiary/aromatic N) is 2. The normalized spacial score (nSPS) is 25.2. The van der Waals surface area contributed by atoms with E-state index in [1.807, 2.05) is 6.92 Å². The number of amides is 3. The minimum Gasteiger partial charge on any atom is -0.412 e. The number of H-pyrrole nitrogens is 1. The molecule has 0 bridgehead atoms. The van der Waals surface area contributed by atoms with Gasteiger partial charge >= 0.3 is 0 Å². The predicted molar refractivity (Wildman–Crippen MR) is 98.7 cm³/mol. The summed E-state index contributed by atoms with van der Waals surface area (Å²) in [4.78, 5) is 57.4. The molecule has 1 aromatic rings. The van der Waals surface area contributed by atoms with Crippen LogP contribution in [0.5, 0.6) is 0 Å². The Kier molecular flexibility index (Phi) is 6.90. The van der Waals surface area contributed by atoms with E-state index < -0.39 is 23.9 Å². The maximum Gasteiger partial charge on any atom is 0.246 e. The summed E-state index contributed by atoms with van der Waals surface area (Å²) in [5.74, 6) is -1.60. The number of ketones is 1. The number of primary amides is 1. The predicted octanol–water partition coefficient (Wildman–Crippen LogP) is -1.30. The highest BCUT2D eigenvalue weighted by molar-refractivity contribution is 5.95. The molecule has 1 saturated heterocycles. The van der Waals surface area contributed by atoms with Crippen molar-refractivity contribution in [3.63, 3.8) is 0 Å². The molecule has 1 aliphatic carbocycles. The van der Waals surface area contributed by atoms with Crippen molar-refractivity contribution in [2.75, 3.05) is 6.54 Å². The van der Waals surface area contributed by atoms with Gasteiger partial charge < -0.3 is 26.4 Å². The number of likely N-dealkylation sites (tertiary alicyclic amines) is 1. The fraction of sp³-hybridized carbons (Fsp3) is 0.611. The molecular formula is C18H27N5O5. The van der Waals surface area contributed by atoms with Crippen LogP contribution in [0.25, 0.3) is 0 Å². The number of hydrogen-bond acceptors (Lipinski definition) is 5. The van der Waals surface area contributed by atoms with Crippen molar-refractivity contribution < 1.29 is 24.7 Å². The SMILES string of the molecule is C[C@@H]1CC(=O)C[C@@H]1C(=O)N[C@@H](Cc1cnc[nH]1)C(=O)N1CCC[C@H]1C(N)=O.O. The molecular weight excluding hydrogens is 366 g/mol. The van der Waals surface area contributed by atoms with Crippen LogP contribution in [-0.2, 0) is 25.6 Å². The molecule has 1 saturated carbocycles. The number of hydrogen-bond donors (Lipinski definition) is 3. The van der Waals surface area contributed by atoms with E-state index in [4.69, 9.17) is 5.73 Å². The van der Waals surface area contributed by atoms with Gasteiger partial charge in [0.25, 0.3) is 0 Å². The van der Waals surface area contributed by atoms with E-state index >= 15 is 0 Å². The number of Topliss-reactive ketones (excluding diaryl/α,β-unsaturated/α-hetero) is 1. The third kappa shape index (κ3) is 4.56. The van der Waals surface area contributed by atoms with E-state index in [1.165, 1.54) is 11.2 Å². The average molecular weight is 393 g/mol. The molecule has 6 N–H and O–H groups in total. The van der Waals surface area contributed by atoms with Crippen molar-refractivity contribution in [2.45, 2.75) is 51.1 Å². The zero-order valence-corrected chi connectivity index (χ0v) is 15.8. The molecule has 0 radical (unpaired) electrons. The van der Waals surface area contributed by atoms with Gasteiger partial charge in [-0.15, -0.1) is 0 Å². The Morgan fingerprint density at radius 3 is 2.71 bits per heavy atom. The topological polar surface area (TPSA) is 170 Å². The maximum absolute atomic E-state index is 13.1. The largest absolute Gasteiger partial charge is 0.412 e. The monoisotopic (exact) mass is 393 g/mol. The highest BCUT2D eigenvalue weighted by Crippen LogP contribution is 2.29. The Hall–Kier alpha value is -2.75.